The Hall–Kier alpha value is -2.04. The second-order valence-corrected chi connectivity index (χ2v) is 4.59. The topological polar surface area (TPSA) is 75.6 Å². The number of rotatable bonds is 6. The maximum Gasteiger partial charge on any atom is 0.303 e. The lowest BCUT2D eigenvalue weighted by molar-refractivity contribution is -0.138. The van der Waals surface area contributed by atoms with Gasteiger partial charge < -0.3 is 15.2 Å². The van der Waals surface area contributed by atoms with Gasteiger partial charge in [0.15, 0.2) is 0 Å². The van der Waals surface area contributed by atoms with E-state index < -0.39 is 5.97 Å². The van der Waals surface area contributed by atoms with Crippen molar-refractivity contribution >= 4 is 17.6 Å². The Morgan fingerprint density at radius 1 is 1.32 bits per heavy atom. The van der Waals surface area contributed by atoms with Crippen LogP contribution in [0, 0.1) is 6.92 Å². The zero-order valence-corrected chi connectivity index (χ0v) is 11.4. The fourth-order valence-corrected chi connectivity index (χ4v) is 1.56. The fourth-order valence-electron chi connectivity index (χ4n) is 1.56. The van der Waals surface area contributed by atoms with Gasteiger partial charge >= 0.3 is 5.97 Å². The van der Waals surface area contributed by atoms with Gasteiger partial charge in [-0.1, -0.05) is 0 Å². The molecule has 1 aromatic rings. The molecule has 5 heteroatoms. The molecule has 0 aliphatic heterocycles. The molecule has 1 rings (SSSR count). The smallest absolute Gasteiger partial charge is 0.303 e. The minimum absolute atomic E-state index is 0.0288. The summed E-state index contributed by atoms with van der Waals surface area (Å²) >= 11 is 0. The van der Waals surface area contributed by atoms with Crippen molar-refractivity contribution in [2.75, 3.05) is 5.32 Å². The third-order valence-electron chi connectivity index (χ3n) is 2.41. The molecule has 0 aliphatic rings. The van der Waals surface area contributed by atoms with Crippen molar-refractivity contribution in [2.45, 2.75) is 39.7 Å². The minimum atomic E-state index is -0.979. The van der Waals surface area contributed by atoms with Crippen molar-refractivity contribution in [1.29, 1.82) is 0 Å². The summed E-state index contributed by atoms with van der Waals surface area (Å²) in [6.45, 7) is 5.74. The summed E-state index contributed by atoms with van der Waals surface area (Å²) in [6, 6.07) is 5.37. The number of amides is 1. The number of hydrogen-bond acceptors (Lipinski definition) is 3. The van der Waals surface area contributed by atoms with E-state index in [2.05, 4.69) is 5.32 Å². The van der Waals surface area contributed by atoms with Gasteiger partial charge in [0, 0.05) is 12.1 Å². The molecule has 0 aliphatic carbocycles. The summed E-state index contributed by atoms with van der Waals surface area (Å²) in [5.41, 5.74) is 1.55. The number of carboxylic acid groups (broad SMARTS) is 1. The van der Waals surface area contributed by atoms with Crippen molar-refractivity contribution in [2.24, 2.45) is 0 Å². The minimum Gasteiger partial charge on any atom is -0.491 e. The zero-order valence-electron chi connectivity index (χ0n) is 11.4. The predicted octanol–water partition coefficient (Wildman–Crippen LogP) is 2.59. The second kappa shape index (κ2) is 6.78. The van der Waals surface area contributed by atoms with Crippen molar-refractivity contribution < 1.29 is 19.4 Å². The molecule has 0 fully saturated rings. The first-order valence-corrected chi connectivity index (χ1v) is 6.17. The average Bonchev–Trinajstić information content (AvgIpc) is 2.29. The maximum absolute atomic E-state index is 11.5. The summed E-state index contributed by atoms with van der Waals surface area (Å²) in [4.78, 5) is 21.9. The van der Waals surface area contributed by atoms with E-state index >= 15 is 0 Å². The molecule has 2 N–H and O–H groups in total. The third kappa shape index (κ3) is 5.42. The van der Waals surface area contributed by atoms with Crippen molar-refractivity contribution in [3.8, 4) is 5.75 Å². The van der Waals surface area contributed by atoms with E-state index in [1.807, 2.05) is 26.8 Å². The number of ether oxygens (including phenoxy) is 1. The Kier molecular flexibility index (Phi) is 5.36. The Morgan fingerprint density at radius 3 is 2.53 bits per heavy atom. The molecule has 0 saturated carbocycles. The van der Waals surface area contributed by atoms with Crippen LogP contribution in [0.25, 0.3) is 0 Å². The SMILES string of the molecule is Cc1cc(OC(C)C)ccc1NC(=O)CCC(=O)O. The lowest BCUT2D eigenvalue weighted by Gasteiger charge is -2.13. The van der Waals surface area contributed by atoms with Gasteiger partial charge in [-0.3, -0.25) is 9.59 Å². The summed E-state index contributed by atoms with van der Waals surface area (Å²) in [7, 11) is 0. The zero-order chi connectivity index (χ0) is 14.4. The Labute approximate surface area is 112 Å². The Balaban J connectivity index is 2.64. The normalized spacial score (nSPS) is 10.3. The van der Waals surface area contributed by atoms with Gasteiger partial charge in [-0.25, -0.2) is 0 Å². The molecule has 1 aromatic carbocycles. The van der Waals surface area contributed by atoms with Crippen LogP contribution >= 0.6 is 0 Å². The molecular weight excluding hydrogens is 246 g/mol. The van der Waals surface area contributed by atoms with Crippen LogP contribution in [0.3, 0.4) is 0 Å². The summed E-state index contributed by atoms with van der Waals surface area (Å²) in [6.07, 6.45) is -0.103. The number of anilines is 1. The van der Waals surface area contributed by atoms with E-state index in [-0.39, 0.29) is 24.9 Å². The second-order valence-electron chi connectivity index (χ2n) is 4.59. The quantitative estimate of drug-likeness (QED) is 0.829. The number of aliphatic carboxylic acids is 1. The lowest BCUT2D eigenvalue weighted by atomic mass is 10.2. The molecule has 0 heterocycles. The monoisotopic (exact) mass is 265 g/mol. The molecule has 0 atom stereocenters. The van der Waals surface area contributed by atoms with Crippen LogP contribution in [0.2, 0.25) is 0 Å². The Morgan fingerprint density at radius 2 is 2.00 bits per heavy atom. The maximum atomic E-state index is 11.5. The number of nitrogens with one attached hydrogen (secondary N) is 1. The molecule has 0 aromatic heterocycles. The van der Waals surface area contributed by atoms with Crippen LogP contribution in [0.1, 0.15) is 32.3 Å². The first kappa shape index (κ1) is 15.0. The molecule has 0 bridgehead atoms. The van der Waals surface area contributed by atoms with Crippen LogP contribution < -0.4 is 10.1 Å². The first-order chi connectivity index (χ1) is 8.88. The molecule has 0 radical (unpaired) electrons. The number of carboxylic acids is 1. The molecule has 5 nitrogen and oxygen atoms in total. The van der Waals surface area contributed by atoms with Crippen molar-refractivity contribution in [3.05, 3.63) is 23.8 Å². The predicted molar refractivity (Wildman–Crippen MR) is 72.4 cm³/mol. The van der Waals surface area contributed by atoms with Gasteiger partial charge in [-0.05, 0) is 44.5 Å². The van der Waals surface area contributed by atoms with Crippen molar-refractivity contribution in [1.82, 2.24) is 0 Å². The molecular formula is C14H19NO4. The molecule has 0 spiro atoms. The van der Waals surface area contributed by atoms with Gasteiger partial charge in [-0.2, -0.15) is 0 Å². The van der Waals surface area contributed by atoms with E-state index in [4.69, 9.17) is 9.84 Å². The molecule has 19 heavy (non-hydrogen) atoms. The molecule has 0 unspecified atom stereocenters. The van der Waals surface area contributed by atoms with Crippen LogP contribution in [-0.4, -0.2) is 23.1 Å². The number of carbonyl (C=O) groups excluding carboxylic acids is 1. The first-order valence-electron chi connectivity index (χ1n) is 6.17. The highest BCUT2D eigenvalue weighted by Gasteiger charge is 2.08. The lowest BCUT2D eigenvalue weighted by Crippen LogP contribution is -2.14. The summed E-state index contributed by atoms with van der Waals surface area (Å²) in [5, 5.41) is 11.2. The highest BCUT2D eigenvalue weighted by atomic mass is 16.5. The summed E-state index contributed by atoms with van der Waals surface area (Å²) < 4.78 is 5.54. The van der Waals surface area contributed by atoms with Crippen molar-refractivity contribution in [3.63, 3.8) is 0 Å². The molecule has 1 amide bonds. The van der Waals surface area contributed by atoms with Gasteiger partial charge in [-0.15, -0.1) is 0 Å². The standard InChI is InChI=1S/C14H19NO4/c1-9(2)19-11-4-5-12(10(3)8-11)15-13(16)6-7-14(17)18/h4-5,8-9H,6-7H2,1-3H3,(H,15,16)(H,17,18). The van der Waals surface area contributed by atoms with Crippen LogP contribution in [-0.2, 0) is 9.59 Å². The van der Waals surface area contributed by atoms with E-state index in [1.165, 1.54) is 0 Å². The number of hydrogen-bond donors (Lipinski definition) is 2. The molecule has 0 saturated heterocycles. The average molecular weight is 265 g/mol. The van der Waals surface area contributed by atoms with Gasteiger partial charge in [0.1, 0.15) is 5.75 Å². The van der Waals surface area contributed by atoms with Crippen LogP contribution in [0.4, 0.5) is 5.69 Å². The van der Waals surface area contributed by atoms with E-state index in [0.29, 0.717) is 5.69 Å². The number of carbonyl (C=O) groups is 2. The van der Waals surface area contributed by atoms with E-state index in [1.54, 1.807) is 12.1 Å². The third-order valence-corrected chi connectivity index (χ3v) is 2.41. The highest BCUT2D eigenvalue weighted by Crippen LogP contribution is 2.22. The van der Waals surface area contributed by atoms with Crippen LogP contribution in [0.5, 0.6) is 5.75 Å². The highest BCUT2D eigenvalue weighted by molar-refractivity contribution is 5.93. The molecule has 104 valence electrons. The summed E-state index contributed by atoms with van der Waals surface area (Å²) in [5.74, 6) is -0.536. The van der Waals surface area contributed by atoms with Gasteiger partial charge in [0.05, 0.1) is 12.5 Å². The van der Waals surface area contributed by atoms with Crippen LogP contribution in [0.15, 0.2) is 18.2 Å². The van der Waals surface area contributed by atoms with Gasteiger partial charge in [0.25, 0.3) is 0 Å². The largest absolute Gasteiger partial charge is 0.491 e. The van der Waals surface area contributed by atoms with E-state index in [9.17, 15) is 9.59 Å². The number of aryl methyl sites for hydroxylation is 1. The van der Waals surface area contributed by atoms with E-state index in [0.717, 1.165) is 11.3 Å². The number of benzene rings is 1. The fraction of sp³-hybridized carbons (Fsp3) is 0.429. The van der Waals surface area contributed by atoms with Gasteiger partial charge in [0.2, 0.25) is 5.91 Å². The Bertz CT molecular complexity index is 469.